The zero-order chi connectivity index (χ0) is 27.6. The van der Waals surface area contributed by atoms with Crippen molar-refractivity contribution in [1.29, 1.82) is 0 Å². The molecular formula is C30H29N3O4S2. The Balaban J connectivity index is 1.45. The SMILES string of the molecule is CCN(Cc1ccccc1)S(=O)(=O)c1ccc(C(=O)N(Cc2ccco2)c2nc3cc(C)cc(C)c3s2)cc1. The molecule has 5 rings (SSSR count). The van der Waals surface area contributed by atoms with Gasteiger partial charge in [-0.2, -0.15) is 4.31 Å². The Morgan fingerprint density at radius 3 is 2.36 bits per heavy atom. The fourth-order valence-electron chi connectivity index (χ4n) is 4.49. The van der Waals surface area contributed by atoms with E-state index in [9.17, 15) is 13.2 Å². The van der Waals surface area contributed by atoms with Crippen molar-refractivity contribution in [3.63, 3.8) is 0 Å². The minimum absolute atomic E-state index is 0.139. The summed E-state index contributed by atoms with van der Waals surface area (Å²) in [5.41, 5.74) is 4.31. The van der Waals surface area contributed by atoms with E-state index in [1.54, 1.807) is 29.4 Å². The number of fused-ring (bicyclic) bond motifs is 1. The number of nitrogens with zero attached hydrogens (tertiary/aromatic N) is 3. The number of benzene rings is 3. The Hall–Kier alpha value is -3.79. The van der Waals surface area contributed by atoms with Crippen LogP contribution in [0.1, 0.15) is 39.7 Å². The minimum atomic E-state index is -3.75. The topological polar surface area (TPSA) is 83.7 Å². The normalized spacial score (nSPS) is 11.8. The third kappa shape index (κ3) is 5.66. The van der Waals surface area contributed by atoms with Gasteiger partial charge in [-0.3, -0.25) is 9.69 Å². The average Bonchev–Trinajstić information content (AvgIpc) is 3.60. The van der Waals surface area contributed by atoms with E-state index in [1.807, 2.05) is 63.2 Å². The number of hydrogen-bond donors (Lipinski definition) is 0. The molecule has 0 atom stereocenters. The highest BCUT2D eigenvalue weighted by atomic mass is 32.2. The van der Waals surface area contributed by atoms with Crippen LogP contribution in [0, 0.1) is 13.8 Å². The molecule has 2 aromatic heterocycles. The first kappa shape index (κ1) is 26.8. The second-order valence-electron chi connectivity index (χ2n) is 9.34. The molecule has 3 aromatic carbocycles. The number of rotatable bonds is 9. The molecule has 0 aliphatic rings. The number of amides is 1. The lowest BCUT2D eigenvalue weighted by molar-refractivity contribution is 0.0983. The molecule has 2 heterocycles. The van der Waals surface area contributed by atoms with Crippen LogP contribution >= 0.6 is 11.3 Å². The number of carbonyl (C=O) groups is 1. The van der Waals surface area contributed by atoms with Crippen LogP contribution in [0.2, 0.25) is 0 Å². The van der Waals surface area contributed by atoms with Gasteiger partial charge >= 0.3 is 0 Å². The average molecular weight is 560 g/mol. The lowest BCUT2D eigenvalue weighted by atomic mass is 10.1. The molecule has 0 radical (unpaired) electrons. The standard InChI is InChI=1S/C30H29N3O4S2/c1-4-32(19-23-9-6-5-7-10-23)39(35,36)26-14-12-24(13-15-26)29(34)33(20-25-11-8-16-37-25)30-31-27-18-21(2)17-22(3)28(27)38-30/h5-18H,4,19-20H2,1-3H3. The number of aromatic nitrogens is 1. The van der Waals surface area contributed by atoms with Crippen LogP contribution in [0.4, 0.5) is 5.13 Å². The smallest absolute Gasteiger partial charge is 0.260 e. The van der Waals surface area contributed by atoms with Crippen LogP contribution in [-0.4, -0.2) is 30.2 Å². The predicted octanol–water partition coefficient (Wildman–Crippen LogP) is 6.56. The number of sulfonamides is 1. The van der Waals surface area contributed by atoms with Crippen LogP contribution in [0.25, 0.3) is 10.2 Å². The highest BCUT2D eigenvalue weighted by Crippen LogP contribution is 2.34. The largest absolute Gasteiger partial charge is 0.467 e. The number of furan rings is 1. The Bertz CT molecular complexity index is 1690. The number of aryl methyl sites for hydroxylation is 2. The molecular weight excluding hydrogens is 530 g/mol. The van der Waals surface area contributed by atoms with E-state index in [1.165, 1.54) is 27.8 Å². The first-order valence-corrected chi connectivity index (χ1v) is 14.9. The Morgan fingerprint density at radius 1 is 0.949 bits per heavy atom. The quantitative estimate of drug-likeness (QED) is 0.204. The zero-order valence-corrected chi connectivity index (χ0v) is 23.6. The summed E-state index contributed by atoms with van der Waals surface area (Å²) in [5, 5.41) is 0.553. The monoisotopic (exact) mass is 559 g/mol. The molecule has 0 saturated heterocycles. The van der Waals surface area contributed by atoms with Crippen LogP contribution in [-0.2, 0) is 23.1 Å². The molecule has 0 spiro atoms. The molecule has 0 bridgehead atoms. The van der Waals surface area contributed by atoms with E-state index in [0.29, 0.717) is 23.0 Å². The van der Waals surface area contributed by atoms with Crippen molar-refractivity contribution in [1.82, 2.24) is 9.29 Å². The molecule has 39 heavy (non-hydrogen) atoms. The second-order valence-corrected chi connectivity index (χ2v) is 12.3. The summed E-state index contributed by atoms with van der Waals surface area (Å²) in [6, 6.07) is 23.3. The maximum atomic E-state index is 13.8. The Kier molecular flexibility index (Phi) is 7.65. The summed E-state index contributed by atoms with van der Waals surface area (Å²) in [5.74, 6) is 0.328. The zero-order valence-electron chi connectivity index (χ0n) is 22.0. The predicted molar refractivity (Wildman–Crippen MR) is 154 cm³/mol. The first-order chi connectivity index (χ1) is 18.8. The lowest BCUT2D eigenvalue weighted by Gasteiger charge is -2.21. The summed E-state index contributed by atoms with van der Waals surface area (Å²) >= 11 is 1.45. The molecule has 5 aromatic rings. The molecule has 200 valence electrons. The van der Waals surface area contributed by atoms with Gasteiger partial charge in [0.05, 0.1) is 27.9 Å². The van der Waals surface area contributed by atoms with E-state index < -0.39 is 10.0 Å². The summed E-state index contributed by atoms with van der Waals surface area (Å²) in [6.45, 7) is 6.66. The molecule has 0 N–H and O–H groups in total. The lowest BCUT2D eigenvalue weighted by Crippen LogP contribution is -2.31. The number of hydrogen-bond acceptors (Lipinski definition) is 6. The Morgan fingerprint density at radius 2 is 1.69 bits per heavy atom. The third-order valence-electron chi connectivity index (χ3n) is 6.47. The number of anilines is 1. The van der Waals surface area contributed by atoms with Gasteiger partial charge in [-0.1, -0.05) is 54.7 Å². The van der Waals surface area contributed by atoms with Gasteiger partial charge in [0.25, 0.3) is 5.91 Å². The number of carbonyl (C=O) groups excluding carboxylic acids is 1. The van der Waals surface area contributed by atoms with Gasteiger partial charge in [-0.15, -0.1) is 0 Å². The van der Waals surface area contributed by atoms with Gasteiger partial charge in [-0.05, 0) is 73.0 Å². The molecule has 0 aliphatic heterocycles. The van der Waals surface area contributed by atoms with Crippen molar-refractivity contribution in [3.8, 4) is 0 Å². The second kappa shape index (κ2) is 11.1. The molecule has 0 aliphatic carbocycles. The van der Waals surface area contributed by atoms with Gasteiger partial charge in [0.15, 0.2) is 5.13 Å². The van der Waals surface area contributed by atoms with Crippen LogP contribution < -0.4 is 4.90 Å². The van der Waals surface area contributed by atoms with Crippen molar-refractivity contribution < 1.29 is 17.6 Å². The maximum absolute atomic E-state index is 13.8. The molecule has 9 heteroatoms. The molecule has 7 nitrogen and oxygen atoms in total. The molecule has 0 unspecified atom stereocenters. The van der Waals surface area contributed by atoms with Crippen molar-refractivity contribution in [2.75, 3.05) is 11.4 Å². The fraction of sp³-hybridized carbons (Fsp3) is 0.200. The fourth-order valence-corrected chi connectivity index (χ4v) is 6.94. The van der Waals surface area contributed by atoms with Gasteiger partial charge in [0, 0.05) is 18.7 Å². The summed E-state index contributed by atoms with van der Waals surface area (Å²) in [7, 11) is -3.75. The summed E-state index contributed by atoms with van der Waals surface area (Å²) in [4.78, 5) is 20.3. The van der Waals surface area contributed by atoms with Crippen LogP contribution in [0.3, 0.4) is 0 Å². The van der Waals surface area contributed by atoms with Crippen LogP contribution in [0.15, 0.2) is 94.4 Å². The van der Waals surface area contributed by atoms with E-state index >= 15 is 0 Å². The van der Waals surface area contributed by atoms with Gasteiger partial charge in [0.2, 0.25) is 10.0 Å². The van der Waals surface area contributed by atoms with Crippen molar-refractivity contribution in [3.05, 3.63) is 113 Å². The van der Waals surface area contributed by atoms with E-state index in [2.05, 4.69) is 6.07 Å². The number of thiazole rings is 1. The van der Waals surface area contributed by atoms with Crippen LogP contribution in [0.5, 0.6) is 0 Å². The first-order valence-electron chi connectivity index (χ1n) is 12.6. The van der Waals surface area contributed by atoms with Crippen molar-refractivity contribution in [2.24, 2.45) is 0 Å². The van der Waals surface area contributed by atoms with E-state index in [4.69, 9.17) is 9.40 Å². The molecule has 0 saturated carbocycles. The van der Waals surface area contributed by atoms with E-state index in [-0.39, 0.29) is 23.9 Å². The Labute approximate surface area is 232 Å². The highest BCUT2D eigenvalue weighted by molar-refractivity contribution is 7.89. The van der Waals surface area contributed by atoms with Gasteiger partial charge < -0.3 is 4.42 Å². The summed E-state index contributed by atoms with van der Waals surface area (Å²) < 4.78 is 34.8. The molecule has 0 fully saturated rings. The van der Waals surface area contributed by atoms with Crippen molar-refractivity contribution in [2.45, 2.75) is 38.8 Å². The van der Waals surface area contributed by atoms with Crippen molar-refractivity contribution >= 4 is 42.6 Å². The molecule has 1 amide bonds. The maximum Gasteiger partial charge on any atom is 0.260 e. The third-order valence-corrected chi connectivity index (χ3v) is 9.64. The van der Waals surface area contributed by atoms with Gasteiger partial charge in [-0.25, -0.2) is 13.4 Å². The summed E-state index contributed by atoms with van der Waals surface area (Å²) in [6.07, 6.45) is 1.57. The minimum Gasteiger partial charge on any atom is -0.467 e. The van der Waals surface area contributed by atoms with E-state index in [0.717, 1.165) is 26.9 Å². The highest BCUT2D eigenvalue weighted by Gasteiger charge is 2.26. The van der Waals surface area contributed by atoms with Gasteiger partial charge in [0.1, 0.15) is 5.76 Å².